The van der Waals surface area contributed by atoms with Crippen LogP contribution in [0.3, 0.4) is 0 Å². The van der Waals surface area contributed by atoms with Gasteiger partial charge >= 0.3 is 0 Å². The molecule has 0 spiro atoms. The number of aryl methyl sites for hydroxylation is 1. The molecule has 0 atom stereocenters. The van der Waals surface area contributed by atoms with Gasteiger partial charge in [-0.3, -0.25) is 10.1 Å². The van der Waals surface area contributed by atoms with E-state index in [2.05, 4.69) is 15.9 Å². The molecule has 0 heterocycles. The van der Waals surface area contributed by atoms with Gasteiger partial charge in [0.05, 0.1) is 4.92 Å². The molecule has 0 radical (unpaired) electrons. The van der Waals surface area contributed by atoms with E-state index in [0.717, 1.165) is 9.86 Å². The molecule has 2 rings (SSSR count). The molecule has 0 bridgehead atoms. The molecule has 0 saturated carbocycles. The van der Waals surface area contributed by atoms with Crippen LogP contribution in [0.15, 0.2) is 28.7 Å². The average Bonchev–Trinajstić information content (AvgIpc) is 2.22. The molecule has 16 heavy (non-hydrogen) atoms. The summed E-state index contributed by atoms with van der Waals surface area (Å²) in [5.74, 6) is -0.514. The molecule has 0 aliphatic rings. The zero-order valence-electron chi connectivity index (χ0n) is 8.36. The molecule has 82 valence electrons. The smallest absolute Gasteiger partial charge is 0.262 e. The van der Waals surface area contributed by atoms with E-state index in [1.165, 1.54) is 6.07 Å². The van der Waals surface area contributed by atoms with Gasteiger partial charge < -0.3 is 5.11 Å². The predicted octanol–water partition coefficient (Wildman–Crippen LogP) is 2.89. The van der Waals surface area contributed by atoms with E-state index in [9.17, 15) is 15.2 Å². The number of nitrogens with zero attached hydrogens (tertiary/aromatic N) is 1. The lowest BCUT2D eigenvalue weighted by Crippen LogP contribution is -2.00. The Hall–Kier alpha value is -1.62. The van der Waals surface area contributed by atoms with Crippen molar-refractivity contribution in [1.82, 2.24) is 0 Å². The topological polar surface area (TPSA) is 66.2 Å². The van der Waals surface area contributed by atoms with E-state index >= 15 is 0 Å². The third-order valence-corrected chi connectivity index (χ3v) is 2.97. The van der Waals surface area contributed by atoms with Gasteiger partial charge in [-0.25, -0.2) is 0 Å². The summed E-state index contributed by atoms with van der Waals surface area (Å²) in [6.45, 7) is 1.60. The van der Waals surface area contributed by atoms with Crippen LogP contribution in [0.2, 0.25) is 0 Å². The zero-order valence-corrected chi connectivity index (χ0v) is 9.95. The van der Waals surface area contributed by atoms with Crippen molar-refractivity contribution in [2.75, 3.05) is 0 Å². The van der Waals surface area contributed by atoms with Crippen molar-refractivity contribution in [3.05, 3.63) is 44.4 Å². The second-order valence-electron chi connectivity index (χ2n) is 3.47. The third kappa shape index (κ3) is 1.63. The Labute approximate surface area is 99.8 Å². The number of hydrogen-bond donors (Lipinski definition) is 0. The SMILES string of the molecule is Cc1c([O-])c([N+](=O)[O-])cc2cc(Br)ccc12. The van der Waals surface area contributed by atoms with E-state index in [1.54, 1.807) is 25.1 Å². The third-order valence-electron chi connectivity index (χ3n) is 2.48. The van der Waals surface area contributed by atoms with Crippen molar-refractivity contribution < 1.29 is 10.0 Å². The van der Waals surface area contributed by atoms with Crippen LogP contribution in [0.25, 0.3) is 10.8 Å². The summed E-state index contributed by atoms with van der Waals surface area (Å²) < 4.78 is 0.826. The Morgan fingerprint density at radius 3 is 2.62 bits per heavy atom. The normalized spacial score (nSPS) is 10.6. The van der Waals surface area contributed by atoms with Gasteiger partial charge in [0.25, 0.3) is 5.69 Å². The van der Waals surface area contributed by atoms with Crippen LogP contribution in [-0.4, -0.2) is 4.92 Å². The Morgan fingerprint density at radius 1 is 1.31 bits per heavy atom. The molecule has 2 aromatic rings. The molecule has 2 aromatic carbocycles. The molecule has 0 amide bonds. The summed E-state index contributed by atoms with van der Waals surface area (Å²) in [7, 11) is 0. The Bertz CT molecular complexity index is 595. The standard InChI is InChI=1S/C11H8BrNO3/c1-6-9-3-2-8(12)4-7(9)5-10(11(6)14)13(15)16/h2-5,14H,1H3/p-1. The molecular formula is C11H7BrNO3-. The maximum atomic E-state index is 11.7. The lowest BCUT2D eigenvalue weighted by molar-refractivity contribution is -0.398. The first-order valence-electron chi connectivity index (χ1n) is 4.55. The van der Waals surface area contributed by atoms with Crippen LogP contribution in [0.1, 0.15) is 5.56 Å². The fraction of sp³-hybridized carbons (Fsp3) is 0.0909. The molecule has 0 aliphatic heterocycles. The number of rotatable bonds is 1. The highest BCUT2D eigenvalue weighted by Crippen LogP contribution is 2.34. The van der Waals surface area contributed by atoms with Gasteiger partial charge in [0.15, 0.2) is 0 Å². The van der Waals surface area contributed by atoms with Gasteiger partial charge in [0.2, 0.25) is 0 Å². The fourth-order valence-electron chi connectivity index (χ4n) is 1.66. The van der Waals surface area contributed by atoms with Crippen LogP contribution in [0.4, 0.5) is 5.69 Å². The second-order valence-corrected chi connectivity index (χ2v) is 4.39. The summed E-state index contributed by atoms with van der Waals surface area (Å²) in [6.07, 6.45) is 0. The number of hydrogen-bond acceptors (Lipinski definition) is 3. The van der Waals surface area contributed by atoms with Crippen molar-refractivity contribution in [2.24, 2.45) is 0 Å². The Morgan fingerprint density at radius 2 is 2.00 bits per heavy atom. The summed E-state index contributed by atoms with van der Waals surface area (Å²) in [6, 6.07) is 6.66. The van der Waals surface area contributed by atoms with E-state index in [1.807, 2.05) is 0 Å². The monoisotopic (exact) mass is 280 g/mol. The first-order valence-corrected chi connectivity index (χ1v) is 5.34. The van der Waals surface area contributed by atoms with Crippen molar-refractivity contribution in [2.45, 2.75) is 6.92 Å². The highest BCUT2D eigenvalue weighted by Gasteiger charge is 2.12. The summed E-state index contributed by atoms with van der Waals surface area (Å²) in [5.41, 5.74) is 0.0415. The van der Waals surface area contributed by atoms with Crippen LogP contribution >= 0.6 is 15.9 Å². The minimum atomic E-state index is -0.643. The minimum absolute atomic E-state index is 0.372. The maximum Gasteiger partial charge on any atom is 0.262 e. The lowest BCUT2D eigenvalue weighted by Gasteiger charge is -2.13. The average molecular weight is 281 g/mol. The maximum absolute atomic E-state index is 11.7. The number of fused-ring (bicyclic) bond motifs is 1. The molecule has 0 N–H and O–H groups in total. The second kappa shape index (κ2) is 3.75. The molecule has 4 nitrogen and oxygen atoms in total. The van der Waals surface area contributed by atoms with Gasteiger partial charge in [0, 0.05) is 10.5 Å². The molecule has 0 aliphatic carbocycles. The minimum Gasteiger partial charge on any atom is -0.868 e. The summed E-state index contributed by atoms with van der Waals surface area (Å²) in [4.78, 5) is 10.1. The van der Waals surface area contributed by atoms with E-state index in [0.29, 0.717) is 10.9 Å². The van der Waals surface area contributed by atoms with E-state index in [4.69, 9.17) is 0 Å². The first-order chi connectivity index (χ1) is 7.50. The van der Waals surface area contributed by atoms with Crippen molar-refractivity contribution in [1.29, 1.82) is 0 Å². The van der Waals surface area contributed by atoms with Gasteiger partial charge in [-0.05, 0) is 41.1 Å². The number of nitro benzene ring substituents is 1. The van der Waals surface area contributed by atoms with Crippen LogP contribution in [0, 0.1) is 17.0 Å². The molecular weight excluding hydrogens is 274 g/mol. The van der Waals surface area contributed by atoms with Gasteiger partial charge in [0.1, 0.15) is 0 Å². The molecule has 0 aromatic heterocycles. The quantitative estimate of drug-likeness (QED) is 0.596. The zero-order chi connectivity index (χ0) is 11.9. The predicted molar refractivity (Wildman–Crippen MR) is 62.5 cm³/mol. The van der Waals surface area contributed by atoms with Gasteiger partial charge in [-0.1, -0.05) is 22.0 Å². The van der Waals surface area contributed by atoms with Crippen molar-refractivity contribution in [3.8, 4) is 5.75 Å². The van der Waals surface area contributed by atoms with Crippen molar-refractivity contribution >= 4 is 32.4 Å². The molecule has 0 fully saturated rings. The Balaban J connectivity index is 2.88. The summed E-state index contributed by atoms with van der Waals surface area (Å²) in [5, 5.41) is 23.8. The van der Waals surface area contributed by atoms with Crippen LogP contribution in [-0.2, 0) is 0 Å². The number of benzene rings is 2. The molecule has 5 heteroatoms. The Kier molecular flexibility index (Phi) is 2.55. The fourth-order valence-corrected chi connectivity index (χ4v) is 2.04. The highest BCUT2D eigenvalue weighted by molar-refractivity contribution is 9.10. The highest BCUT2D eigenvalue weighted by atomic mass is 79.9. The van der Waals surface area contributed by atoms with E-state index < -0.39 is 10.7 Å². The largest absolute Gasteiger partial charge is 0.868 e. The van der Waals surface area contributed by atoms with Crippen LogP contribution < -0.4 is 5.11 Å². The molecule has 0 saturated heterocycles. The lowest BCUT2D eigenvalue weighted by atomic mass is 10.0. The summed E-state index contributed by atoms with van der Waals surface area (Å²) >= 11 is 3.29. The first kappa shape index (κ1) is 10.9. The van der Waals surface area contributed by atoms with Gasteiger partial charge in [-0.2, -0.15) is 0 Å². The number of nitro groups is 1. The van der Waals surface area contributed by atoms with Gasteiger partial charge in [-0.15, -0.1) is 0 Å². The van der Waals surface area contributed by atoms with Crippen LogP contribution in [0.5, 0.6) is 5.75 Å². The van der Waals surface area contributed by atoms with Crippen molar-refractivity contribution in [3.63, 3.8) is 0 Å². The van der Waals surface area contributed by atoms with E-state index in [-0.39, 0.29) is 5.69 Å². The number of halogens is 1. The molecule has 0 unspecified atom stereocenters.